The van der Waals surface area contributed by atoms with E-state index in [0.29, 0.717) is 5.47 Å². The molecule has 2 nitrogen and oxygen atoms in total. The van der Waals surface area contributed by atoms with Crippen molar-refractivity contribution in [1.82, 2.24) is 0 Å². The molecule has 60 valence electrons. The number of allylic oxidation sites excluding steroid dienone is 4. The zero-order valence-corrected chi connectivity index (χ0v) is 6.53. The molecule has 0 spiro atoms. The molecule has 0 saturated carbocycles. The summed E-state index contributed by atoms with van der Waals surface area (Å²) >= 11 is 0. The summed E-state index contributed by atoms with van der Waals surface area (Å²) in [5.41, 5.74) is 0.629. The maximum atomic E-state index is 8.83. The number of rotatable bonds is 1. The third-order valence-electron chi connectivity index (χ3n) is 1.81. The van der Waals surface area contributed by atoms with E-state index < -0.39 is 7.12 Å². The zero-order chi connectivity index (χ0) is 8.10. The molecular weight excluding hydrogens is 139 g/mol. The second kappa shape index (κ2) is 4.37. The maximum absolute atomic E-state index is 8.83. The summed E-state index contributed by atoms with van der Waals surface area (Å²) in [5.74, 6) is 0. The van der Waals surface area contributed by atoms with Gasteiger partial charge in [-0.2, -0.15) is 0 Å². The molecule has 0 bridgehead atoms. The minimum absolute atomic E-state index is 0.629. The van der Waals surface area contributed by atoms with E-state index in [9.17, 15) is 0 Å². The van der Waals surface area contributed by atoms with E-state index in [1.165, 1.54) is 6.42 Å². The van der Waals surface area contributed by atoms with Gasteiger partial charge in [0.05, 0.1) is 0 Å². The van der Waals surface area contributed by atoms with Crippen LogP contribution >= 0.6 is 0 Å². The fourth-order valence-electron chi connectivity index (χ4n) is 1.15. The van der Waals surface area contributed by atoms with E-state index in [-0.39, 0.29) is 0 Å². The normalized spacial score (nSPS) is 18.5. The minimum atomic E-state index is -1.30. The van der Waals surface area contributed by atoms with Crippen LogP contribution in [0.15, 0.2) is 23.7 Å². The molecule has 0 saturated heterocycles. The first-order chi connectivity index (χ1) is 5.30. The van der Waals surface area contributed by atoms with E-state index in [0.717, 1.165) is 19.3 Å². The number of hydrogen-bond acceptors (Lipinski definition) is 2. The topological polar surface area (TPSA) is 40.5 Å². The maximum Gasteiger partial charge on any atom is 0.488 e. The van der Waals surface area contributed by atoms with Crippen LogP contribution in [-0.2, 0) is 0 Å². The van der Waals surface area contributed by atoms with Gasteiger partial charge in [-0.05, 0) is 31.2 Å². The number of hydrogen-bond donors (Lipinski definition) is 2. The van der Waals surface area contributed by atoms with Gasteiger partial charge in [0.2, 0.25) is 0 Å². The molecule has 0 aromatic carbocycles. The van der Waals surface area contributed by atoms with Crippen LogP contribution in [-0.4, -0.2) is 17.2 Å². The highest BCUT2D eigenvalue weighted by atomic mass is 16.4. The summed E-state index contributed by atoms with van der Waals surface area (Å²) in [6.07, 6.45) is 10.0. The van der Waals surface area contributed by atoms with Crippen molar-refractivity contribution >= 4 is 7.12 Å². The van der Waals surface area contributed by atoms with Crippen molar-refractivity contribution in [2.24, 2.45) is 0 Å². The van der Waals surface area contributed by atoms with Gasteiger partial charge < -0.3 is 10.0 Å². The lowest BCUT2D eigenvalue weighted by Gasteiger charge is -2.03. The van der Waals surface area contributed by atoms with Gasteiger partial charge in [-0.15, -0.1) is 0 Å². The molecule has 1 aliphatic carbocycles. The summed E-state index contributed by atoms with van der Waals surface area (Å²) in [7, 11) is -1.30. The standard InChI is InChI=1S/C8H13BO2/c10-9(11)8-6-4-2-1-3-5-7-8/h4,6-7,10-11H,1-3,5H2. The Bertz CT molecular complexity index is 173. The first-order valence-electron chi connectivity index (χ1n) is 4.03. The first kappa shape index (κ1) is 8.56. The SMILES string of the molecule is OB(O)C1=CCCCCC=C1. The fraction of sp³-hybridized carbons (Fsp3) is 0.500. The highest BCUT2D eigenvalue weighted by Crippen LogP contribution is 2.10. The van der Waals surface area contributed by atoms with Crippen molar-refractivity contribution in [3.8, 4) is 0 Å². The molecule has 3 heteroatoms. The summed E-state index contributed by atoms with van der Waals surface area (Å²) in [5, 5.41) is 17.7. The van der Waals surface area contributed by atoms with Crippen LogP contribution in [0.4, 0.5) is 0 Å². The Balaban J connectivity index is 2.59. The van der Waals surface area contributed by atoms with Crippen LogP contribution in [0.25, 0.3) is 0 Å². The smallest absolute Gasteiger partial charge is 0.423 e. The Morgan fingerprint density at radius 1 is 1.18 bits per heavy atom. The zero-order valence-electron chi connectivity index (χ0n) is 6.53. The van der Waals surface area contributed by atoms with Gasteiger partial charge in [-0.3, -0.25) is 0 Å². The molecule has 0 fully saturated rings. The molecule has 0 aromatic heterocycles. The predicted octanol–water partition coefficient (Wildman–Crippen LogP) is 1.05. The van der Waals surface area contributed by atoms with Crippen molar-refractivity contribution in [3.63, 3.8) is 0 Å². The molecule has 2 N–H and O–H groups in total. The molecule has 0 aromatic rings. The monoisotopic (exact) mass is 152 g/mol. The first-order valence-corrected chi connectivity index (χ1v) is 4.03. The molecule has 0 aliphatic heterocycles. The van der Waals surface area contributed by atoms with Gasteiger partial charge in [-0.25, -0.2) is 0 Å². The Morgan fingerprint density at radius 3 is 2.64 bits per heavy atom. The van der Waals surface area contributed by atoms with E-state index in [4.69, 9.17) is 10.0 Å². The van der Waals surface area contributed by atoms with Crippen LogP contribution in [0.5, 0.6) is 0 Å². The molecule has 1 rings (SSSR count). The van der Waals surface area contributed by atoms with Crippen LogP contribution in [0, 0.1) is 0 Å². The lowest BCUT2D eigenvalue weighted by Crippen LogP contribution is -2.14. The van der Waals surface area contributed by atoms with Gasteiger partial charge >= 0.3 is 7.12 Å². The molecule has 0 heterocycles. The Hall–Kier alpha value is -0.535. The summed E-state index contributed by atoms with van der Waals surface area (Å²) in [6, 6.07) is 0. The van der Waals surface area contributed by atoms with Gasteiger partial charge in [0, 0.05) is 0 Å². The van der Waals surface area contributed by atoms with Crippen molar-refractivity contribution in [3.05, 3.63) is 23.7 Å². The Labute approximate surface area is 67.4 Å². The van der Waals surface area contributed by atoms with Crippen LogP contribution in [0.2, 0.25) is 0 Å². The average molecular weight is 152 g/mol. The fourth-order valence-corrected chi connectivity index (χ4v) is 1.15. The van der Waals surface area contributed by atoms with Gasteiger partial charge in [0.15, 0.2) is 0 Å². The Morgan fingerprint density at radius 2 is 1.91 bits per heavy atom. The summed E-state index contributed by atoms with van der Waals surface area (Å²) in [6.45, 7) is 0. The van der Waals surface area contributed by atoms with Crippen LogP contribution in [0.1, 0.15) is 25.7 Å². The largest absolute Gasteiger partial charge is 0.488 e. The minimum Gasteiger partial charge on any atom is -0.423 e. The molecule has 11 heavy (non-hydrogen) atoms. The van der Waals surface area contributed by atoms with Crippen molar-refractivity contribution in [1.29, 1.82) is 0 Å². The third kappa shape index (κ3) is 2.91. The molecule has 0 radical (unpaired) electrons. The molecule has 0 atom stereocenters. The lowest BCUT2D eigenvalue weighted by atomic mass is 9.77. The van der Waals surface area contributed by atoms with Crippen molar-refractivity contribution in [2.45, 2.75) is 25.7 Å². The summed E-state index contributed by atoms with van der Waals surface area (Å²) in [4.78, 5) is 0. The van der Waals surface area contributed by atoms with Crippen LogP contribution < -0.4 is 0 Å². The second-order valence-corrected chi connectivity index (χ2v) is 2.76. The van der Waals surface area contributed by atoms with E-state index in [2.05, 4.69) is 0 Å². The van der Waals surface area contributed by atoms with E-state index in [1.807, 2.05) is 12.2 Å². The predicted molar refractivity (Wildman–Crippen MR) is 45.9 cm³/mol. The van der Waals surface area contributed by atoms with Crippen molar-refractivity contribution in [2.75, 3.05) is 0 Å². The van der Waals surface area contributed by atoms with Crippen LogP contribution in [0.3, 0.4) is 0 Å². The molecular formula is C8H13BO2. The Kier molecular flexibility index (Phi) is 3.40. The molecule has 0 amide bonds. The highest BCUT2D eigenvalue weighted by Gasteiger charge is 2.11. The average Bonchev–Trinajstić information content (AvgIpc) is 1.84. The van der Waals surface area contributed by atoms with Crippen molar-refractivity contribution < 1.29 is 10.0 Å². The third-order valence-corrected chi connectivity index (χ3v) is 1.81. The van der Waals surface area contributed by atoms with E-state index in [1.54, 1.807) is 6.08 Å². The highest BCUT2D eigenvalue weighted by molar-refractivity contribution is 6.51. The van der Waals surface area contributed by atoms with Gasteiger partial charge in [-0.1, -0.05) is 18.2 Å². The van der Waals surface area contributed by atoms with E-state index >= 15 is 0 Å². The summed E-state index contributed by atoms with van der Waals surface area (Å²) < 4.78 is 0. The lowest BCUT2D eigenvalue weighted by molar-refractivity contribution is 0.420. The van der Waals surface area contributed by atoms with Gasteiger partial charge in [0.25, 0.3) is 0 Å². The van der Waals surface area contributed by atoms with Gasteiger partial charge in [0.1, 0.15) is 0 Å². The molecule has 1 aliphatic rings. The molecule has 0 unspecified atom stereocenters. The quantitative estimate of drug-likeness (QED) is 0.551. The second-order valence-electron chi connectivity index (χ2n) is 2.76.